The SMILES string of the molecule is CC(C(=O)c1ccc(C=NS(=O)(=O)c2ccccc2)cc1)S(=O)(=O)O. The minimum Gasteiger partial charge on any atom is -0.293 e. The third-order valence-corrected chi connectivity index (χ3v) is 5.75. The van der Waals surface area contributed by atoms with Gasteiger partial charge in [-0.15, -0.1) is 0 Å². The van der Waals surface area contributed by atoms with E-state index in [-0.39, 0.29) is 10.5 Å². The molecule has 1 unspecified atom stereocenters. The first-order chi connectivity index (χ1) is 11.6. The lowest BCUT2D eigenvalue weighted by molar-refractivity contribution is 0.0989. The Morgan fingerprint density at radius 3 is 2.08 bits per heavy atom. The van der Waals surface area contributed by atoms with Crippen molar-refractivity contribution < 1.29 is 26.2 Å². The van der Waals surface area contributed by atoms with E-state index in [4.69, 9.17) is 4.55 Å². The number of rotatable bonds is 6. The molecule has 0 saturated heterocycles. The van der Waals surface area contributed by atoms with Crippen molar-refractivity contribution in [1.82, 2.24) is 0 Å². The highest BCUT2D eigenvalue weighted by atomic mass is 32.2. The van der Waals surface area contributed by atoms with E-state index in [2.05, 4.69) is 4.40 Å². The van der Waals surface area contributed by atoms with Gasteiger partial charge in [-0.3, -0.25) is 9.35 Å². The van der Waals surface area contributed by atoms with Crippen LogP contribution in [0, 0.1) is 0 Å². The van der Waals surface area contributed by atoms with Crippen LogP contribution in [0.4, 0.5) is 0 Å². The van der Waals surface area contributed by atoms with Crippen molar-refractivity contribution in [3.8, 4) is 0 Å². The van der Waals surface area contributed by atoms with Gasteiger partial charge in [0, 0.05) is 11.8 Å². The van der Waals surface area contributed by atoms with Gasteiger partial charge in [0.25, 0.3) is 20.1 Å². The van der Waals surface area contributed by atoms with Crippen molar-refractivity contribution in [2.75, 3.05) is 0 Å². The molecule has 1 atom stereocenters. The van der Waals surface area contributed by atoms with Crippen LogP contribution in [0.15, 0.2) is 63.9 Å². The van der Waals surface area contributed by atoms with Gasteiger partial charge in [0.15, 0.2) is 5.78 Å². The van der Waals surface area contributed by atoms with Gasteiger partial charge < -0.3 is 0 Å². The summed E-state index contributed by atoms with van der Waals surface area (Å²) in [6, 6.07) is 13.2. The minimum atomic E-state index is -4.48. The van der Waals surface area contributed by atoms with Crippen molar-refractivity contribution in [3.63, 3.8) is 0 Å². The Balaban J connectivity index is 2.20. The molecule has 2 aromatic carbocycles. The van der Waals surface area contributed by atoms with E-state index >= 15 is 0 Å². The first kappa shape index (κ1) is 19.0. The largest absolute Gasteiger partial charge is 0.293 e. The molecule has 0 aliphatic carbocycles. The Hall–Kier alpha value is -2.36. The molecule has 7 nitrogen and oxygen atoms in total. The normalized spacial score (nSPS) is 13.7. The molecule has 0 bridgehead atoms. The molecule has 0 amide bonds. The number of sulfonamides is 1. The van der Waals surface area contributed by atoms with Gasteiger partial charge in [-0.2, -0.15) is 21.2 Å². The minimum absolute atomic E-state index is 0.0556. The lowest BCUT2D eigenvalue weighted by atomic mass is 10.1. The van der Waals surface area contributed by atoms with Gasteiger partial charge >= 0.3 is 0 Å². The highest BCUT2D eigenvalue weighted by Crippen LogP contribution is 2.13. The maximum Gasteiger partial charge on any atom is 0.282 e. The number of hydrogen-bond donors (Lipinski definition) is 1. The molecule has 0 fully saturated rings. The summed E-state index contributed by atoms with van der Waals surface area (Å²) in [6.45, 7) is 1.08. The van der Waals surface area contributed by atoms with Crippen LogP contribution in [-0.2, 0) is 20.1 Å². The summed E-state index contributed by atoms with van der Waals surface area (Å²) >= 11 is 0. The Labute approximate surface area is 145 Å². The van der Waals surface area contributed by atoms with Crippen LogP contribution in [0.5, 0.6) is 0 Å². The van der Waals surface area contributed by atoms with E-state index in [9.17, 15) is 21.6 Å². The Bertz CT molecular complexity index is 994. The molecule has 0 heterocycles. The van der Waals surface area contributed by atoms with Crippen LogP contribution in [0.2, 0.25) is 0 Å². The quantitative estimate of drug-likeness (QED) is 0.464. The number of carbonyl (C=O) groups excluding carboxylic acids is 1. The van der Waals surface area contributed by atoms with E-state index < -0.39 is 31.2 Å². The molecule has 25 heavy (non-hydrogen) atoms. The summed E-state index contributed by atoms with van der Waals surface area (Å²) in [5, 5.41) is -1.58. The maximum absolute atomic E-state index is 12.0. The number of Topliss-reactive ketones (excluding diaryl/α,β-unsaturated/α-hetero) is 1. The van der Waals surface area contributed by atoms with Gasteiger partial charge in [-0.1, -0.05) is 42.5 Å². The number of hydrogen-bond acceptors (Lipinski definition) is 5. The first-order valence-corrected chi connectivity index (χ1v) is 10.0. The molecule has 0 aromatic heterocycles. The summed E-state index contributed by atoms with van der Waals surface area (Å²) in [5.74, 6) is -0.761. The average molecular weight is 381 g/mol. The molecule has 132 valence electrons. The molecule has 0 aliphatic heterocycles. The number of nitrogens with zero attached hydrogens (tertiary/aromatic N) is 1. The summed E-state index contributed by atoms with van der Waals surface area (Å²) in [7, 11) is -8.30. The topological polar surface area (TPSA) is 118 Å². The number of ketones is 1. The van der Waals surface area contributed by atoms with Crippen LogP contribution in [0.1, 0.15) is 22.8 Å². The van der Waals surface area contributed by atoms with E-state index in [1.807, 2.05) is 0 Å². The fourth-order valence-electron chi connectivity index (χ4n) is 1.89. The predicted molar refractivity (Wildman–Crippen MR) is 93.0 cm³/mol. The highest BCUT2D eigenvalue weighted by Gasteiger charge is 2.26. The predicted octanol–water partition coefficient (Wildman–Crippen LogP) is 1.95. The van der Waals surface area contributed by atoms with Crippen LogP contribution in [0.3, 0.4) is 0 Å². The van der Waals surface area contributed by atoms with Crippen LogP contribution in [-0.4, -0.2) is 38.6 Å². The summed E-state index contributed by atoms with van der Waals surface area (Å²) in [4.78, 5) is 12.0. The maximum atomic E-state index is 12.0. The first-order valence-electron chi connectivity index (χ1n) is 7.07. The highest BCUT2D eigenvalue weighted by molar-refractivity contribution is 7.90. The number of carbonyl (C=O) groups is 1. The lowest BCUT2D eigenvalue weighted by Gasteiger charge is -2.07. The fourth-order valence-corrected chi connectivity index (χ4v) is 3.18. The summed E-state index contributed by atoms with van der Waals surface area (Å²) in [6.07, 6.45) is 1.13. The fraction of sp³-hybridized carbons (Fsp3) is 0.125. The van der Waals surface area contributed by atoms with E-state index in [0.717, 1.165) is 13.1 Å². The summed E-state index contributed by atoms with van der Waals surface area (Å²) in [5.41, 5.74) is 0.490. The molecule has 0 saturated carbocycles. The van der Waals surface area contributed by atoms with Crippen LogP contribution < -0.4 is 0 Å². The second-order valence-electron chi connectivity index (χ2n) is 5.17. The van der Waals surface area contributed by atoms with Crippen molar-refractivity contribution in [1.29, 1.82) is 0 Å². The van der Waals surface area contributed by atoms with Crippen molar-refractivity contribution in [3.05, 3.63) is 65.7 Å². The van der Waals surface area contributed by atoms with Gasteiger partial charge in [0.05, 0.1) is 4.90 Å². The standard InChI is InChI=1S/C16H15NO6S2/c1-12(25(21,22)23)16(18)14-9-7-13(8-10-14)11-17-24(19,20)15-5-3-2-4-6-15/h2-12H,1H3,(H,21,22,23). The Morgan fingerprint density at radius 2 is 1.56 bits per heavy atom. The Morgan fingerprint density at radius 1 is 1.00 bits per heavy atom. The van der Waals surface area contributed by atoms with E-state index in [1.165, 1.54) is 36.4 Å². The zero-order valence-corrected chi connectivity index (χ0v) is 14.7. The number of benzene rings is 2. The van der Waals surface area contributed by atoms with Gasteiger partial charge in [-0.25, -0.2) is 0 Å². The molecule has 0 radical (unpaired) electrons. The molecule has 0 spiro atoms. The van der Waals surface area contributed by atoms with Gasteiger partial charge in [0.1, 0.15) is 5.25 Å². The van der Waals surface area contributed by atoms with Crippen LogP contribution in [0.25, 0.3) is 0 Å². The Kier molecular flexibility index (Phi) is 5.51. The van der Waals surface area contributed by atoms with E-state index in [0.29, 0.717) is 5.56 Å². The molecular weight excluding hydrogens is 366 g/mol. The van der Waals surface area contributed by atoms with Gasteiger partial charge in [0.2, 0.25) is 0 Å². The third-order valence-electron chi connectivity index (χ3n) is 3.39. The molecule has 9 heteroatoms. The second kappa shape index (κ2) is 7.26. The van der Waals surface area contributed by atoms with Crippen LogP contribution >= 0.6 is 0 Å². The zero-order chi connectivity index (χ0) is 18.7. The van der Waals surface area contributed by atoms with Crippen molar-refractivity contribution in [2.45, 2.75) is 17.1 Å². The third kappa shape index (κ3) is 4.81. The molecular formula is C16H15NO6S2. The zero-order valence-electron chi connectivity index (χ0n) is 13.1. The average Bonchev–Trinajstić information content (AvgIpc) is 2.59. The van der Waals surface area contributed by atoms with Crippen molar-refractivity contribution in [2.24, 2.45) is 4.40 Å². The molecule has 1 N–H and O–H groups in total. The smallest absolute Gasteiger partial charge is 0.282 e. The monoisotopic (exact) mass is 381 g/mol. The van der Waals surface area contributed by atoms with Gasteiger partial charge in [-0.05, 0) is 24.6 Å². The van der Waals surface area contributed by atoms with Crippen molar-refractivity contribution >= 4 is 32.1 Å². The second-order valence-corrected chi connectivity index (χ2v) is 8.54. The lowest BCUT2D eigenvalue weighted by Crippen LogP contribution is -2.26. The molecule has 2 rings (SSSR count). The molecule has 0 aliphatic rings. The summed E-state index contributed by atoms with van der Waals surface area (Å²) < 4.78 is 58.6. The van der Waals surface area contributed by atoms with E-state index in [1.54, 1.807) is 18.2 Å². The molecule has 2 aromatic rings.